The summed E-state index contributed by atoms with van der Waals surface area (Å²) in [5.74, 6) is 0.428. The molecule has 0 radical (unpaired) electrons. The predicted molar refractivity (Wildman–Crippen MR) is 78.4 cm³/mol. The molecule has 0 aromatic heterocycles. The molecule has 1 saturated heterocycles. The maximum absolute atomic E-state index is 12.6. The maximum atomic E-state index is 12.6. The number of aliphatic hydroxyl groups is 1. The normalized spacial score (nSPS) is 23.3. The lowest BCUT2D eigenvalue weighted by molar-refractivity contribution is 0.0437. The van der Waals surface area contributed by atoms with Crippen molar-refractivity contribution in [3.8, 4) is 5.75 Å². The van der Waals surface area contributed by atoms with Crippen LogP contribution in [0.5, 0.6) is 5.75 Å². The molecule has 1 N–H and O–H groups in total. The first-order valence-corrected chi connectivity index (χ1v) is 7.16. The lowest BCUT2D eigenvalue weighted by Crippen LogP contribution is -2.33. The van der Waals surface area contributed by atoms with E-state index in [4.69, 9.17) is 16.3 Å². The smallest absolute Gasteiger partial charge is 0.257 e. The van der Waals surface area contributed by atoms with Crippen LogP contribution in [-0.2, 0) is 0 Å². The van der Waals surface area contributed by atoms with E-state index >= 15 is 0 Å². The molecule has 1 heterocycles. The zero-order valence-electron chi connectivity index (χ0n) is 11.9. The molecular formula is C15H20ClNO3. The molecule has 1 aliphatic heterocycles. The van der Waals surface area contributed by atoms with E-state index in [2.05, 4.69) is 0 Å². The highest BCUT2D eigenvalue weighted by molar-refractivity contribution is 6.31. The molecule has 5 heteroatoms. The monoisotopic (exact) mass is 297 g/mol. The second-order valence-electron chi connectivity index (χ2n) is 5.49. The molecule has 20 heavy (non-hydrogen) atoms. The number of nitrogens with zero attached hydrogens (tertiary/aromatic N) is 1. The van der Waals surface area contributed by atoms with Crippen molar-refractivity contribution in [2.24, 2.45) is 0 Å². The number of hydrogen-bond acceptors (Lipinski definition) is 3. The van der Waals surface area contributed by atoms with Crippen LogP contribution in [0.2, 0.25) is 5.02 Å². The number of carbonyl (C=O) groups is 1. The van der Waals surface area contributed by atoms with Crippen molar-refractivity contribution in [3.05, 3.63) is 28.8 Å². The number of amides is 1. The maximum Gasteiger partial charge on any atom is 0.257 e. The van der Waals surface area contributed by atoms with Crippen LogP contribution in [-0.4, -0.2) is 41.7 Å². The molecule has 2 rings (SSSR count). The van der Waals surface area contributed by atoms with Gasteiger partial charge in [-0.1, -0.05) is 11.6 Å². The Bertz CT molecular complexity index is 502. The molecule has 1 amide bonds. The SMILES string of the molecule is COc1ccc(Cl)cc1C(=O)N1CCCC(C)(O)CC1. The summed E-state index contributed by atoms with van der Waals surface area (Å²) >= 11 is 5.97. The molecule has 1 aromatic rings. The Balaban J connectivity index is 2.21. The third kappa shape index (κ3) is 3.44. The standard InChI is InChI=1S/C15H20ClNO3/c1-15(19)6-3-8-17(9-7-15)14(18)12-10-11(16)4-5-13(12)20-2/h4-5,10,19H,3,6-9H2,1-2H3. The minimum Gasteiger partial charge on any atom is -0.496 e. The summed E-state index contributed by atoms with van der Waals surface area (Å²) < 4.78 is 5.23. The Labute approximate surface area is 124 Å². The summed E-state index contributed by atoms with van der Waals surface area (Å²) in [5, 5.41) is 10.6. The molecule has 1 aliphatic rings. The van der Waals surface area contributed by atoms with E-state index in [0.717, 1.165) is 6.42 Å². The highest BCUT2D eigenvalue weighted by Crippen LogP contribution is 2.27. The van der Waals surface area contributed by atoms with Gasteiger partial charge < -0.3 is 14.7 Å². The molecule has 1 aromatic carbocycles. The van der Waals surface area contributed by atoms with Crippen LogP contribution >= 0.6 is 11.6 Å². The summed E-state index contributed by atoms with van der Waals surface area (Å²) in [5.41, 5.74) is -0.213. The Morgan fingerprint density at radius 3 is 2.85 bits per heavy atom. The second kappa shape index (κ2) is 6.02. The highest BCUT2D eigenvalue weighted by atomic mass is 35.5. The van der Waals surface area contributed by atoms with Gasteiger partial charge in [-0.15, -0.1) is 0 Å². The van der Waals surface area contributed by atoms with Crippen LogP contribution in [0.1, 0.15) is 36.5 Å². The topological polar surface area (TPSA) is 49.8 Å². The predicted octanol–water partition coefficient (Wildman–Crippen LogP) is 2.73. The van der Waals surface area contributed by atoms with Crippen LogP contribution in [0.3, 0.4) is 0 Å². The number of rotatable bonds is 2. The van der Waals surface area contributed by atoms with Crippen molar-refractivity contribution in [1.82, 2.24) is 4.90 Å². The average molecular weight is 298 g/mol. The number of halogens is 1. The van der Waals surface area contributed by atoms with E-state index in [0.29, 0.717) is 42.3 Å². The number of ether oxygens (including phenoxy) is 1. The molecule has 0 bridgehead atoms. The van der Waals surface area contributed by atoms with Crippen molar-refractivity contribution in [2.45, 2.75) is 31.8 Å². The van der Waals surface area contributed by atoms with Crippen molar-refractivity contribution in [3.63, 3.8) is 0 Å². The van der Waals surface area contributed by atoms with Gasteiger partial charge in [-0.05, 0) is 44.4 Å². The van der Waals surface area contributed by atoms with Crippen molar-refractivity contribution >= 4 is 17.5 Å². The minimum atomic E-state index is -0.687. The van der Waals surface area contributed by atoms with Crippen LogP contribution in [0.15, 0.2) is 18.2 Å². The first kappa shape index (κ1) is 15.1. The highest BCUT2D eigenvalue weighted by Gasteiger charge is 2.28. The summed E-state index contributed by atoms with van der Waals surface area (Å²) in [7, 11) is 1.53. The first-order chi connectivity index (χ1) is 9.43. The molecule has 4 nitrogen and oxygen atoms in total. The molecule has 0 saturated carbocycles. The zero-order chi connectivity index (χ0) is 14.8. The van der Waals surface area contributed by atoms with E-state index in [1.807, 2.05) is 6.92 Å². The molecule has 110 valence electrons. The van der Waals surface area contributed by atoms with Gasteiger partial charge >= 0.3 is 0 Å². The minimum absolute atomic E-state index is 0.0953. The Hall–Kier alpha value is -1.26. The molecular weight excluding hydrogens is 278 g/mol. The van der Waals surface area contributed by atoms with Gasteiger partial charge in [-0.2, -0.15) is 0 Å². The van der Waals surface area contributed by atoms with Crippen LogP contribution in [0.4, 0.5) is 0 Å². The third-order valence-corrected chi connectivity index (χ3v) is 3.98. The summed E-state index contributed by atoms with van der Waals surface area (Å²) in [4.78, 5) is 14.4. The number of carbonyl (C=O) groups excluding carboxylic acids is 1. The number of benzene rings is 1. The molecule has 0 aliphatic carbocycles. The molecule has 1 fully saturated rings. The van der Waals surface area contributed by atoms with Gasteiger partial charge in [-0.25, -0.2) is 0 Å². The summed E-state index contributed by atoms with van der Waals surface area (Å²) in [6.45, 7) is 3.01. The molecule has 1 atom stereocenters. The van der Waals surface area contributed by atoms with Gasteiger partial charge in [0.1, 0.15) is 5.75 Å². The Kier molecular flexibility index (Phi) is 4.55. The molecule has 0 spiro atoms. The van der Waals surface area contributed by atoms with Crippen molar-refractivity contribution in [2.75, 3.05) is 20.2 Å². The summed E-state index contributed by atoms with van der Waals surface area (Å²) in [6, 6.07) is 5.03. The first-order valence-electron chi connectivity index (χ1n) is 6.78. The Morgan fingerprint density at radius 2 is 2.15 bits per heavy atom. The van der Waals surface area contributed by atoms with Gasteiger partial charge in [0, 0.05) is 18.1 Å². The molecule has 1 unspecified atom stereocenters. The van der Waals surface area contributed by atoms with Gasteiger partial charge in [0.25, 0.3) is 5.91 Å². The van der Waals surface area contributed by atoms with Crippen LogP contribution < -0.4 is 4.74 Å². The lowest BCUT2D eigenvalue weighted by Gasteiger charge is -2.23. The number of hydrogen-bond donors (Lipinski definition) is 1. The lowest BCUT2D eigenvalue weighted by atomic mass is 9.98. The third-order valence-electron chi connectivity index (χ3n) is 3.74. The van der Waals surface area contributed by atoms with E-state index in [1.165, 1.54) is 7.11 Å². The van der Waals surface area contributed by atoms with Gasteiger partial charge in [-0.3, -0.25) is 4.79 Å². The van der Waals surface area contributed by atoms with Crippen molar-refractivity contribution in [1.29, 1.82) is 0 Å². The van der Waals surface area contributed by atoms with Crippen LogP contribution in [0.25, 0.3) is 0 Å². The average Bonchev–Trinajstić information content (AvgIpc) is 2.59. The number of likely N-dealkylation sites (tertiary alicyclic amines) is 1. The second-order valence-corrected chi connectivity index (χ2v) is 5.92. The van der Waals surface area contributed by atoms with E-state index < -0.39 is 5.60 Å². The van der Waals surface area contributed by atoms with Crippen LogP contribution in [0, 0.1) is 0 Å². The van der Waals surface area contributed by atoms with E-state index in [-0.39, 0.29) is 5.91 Å². The Morgan fingerprint density at radius 1 is 1.40 bits per heavy atom. The van der Waals surface area contributed by atoms with Gasteiger partial charge in [0.15, 0.2) is 0 Å². The largest absolute Gasteiger partial charge is 0.496 e. The fraction of sp³-hybridized carbons (Fsp3) is 0.533. The van der Waals surface area contributed by atoms with E-state index in [1.54, 1.807) is 23.1 Å². The van der Waals surface area contributed by atoms with Gasteiger partial charge in [0.2, 0.25) is 0 Å². The number of methoxy groups -OCH3 is 1. The van der Waals surface area contributed by atoms with Crippen molar-refractivity contribution < 1.29 is 14.6 Å². The van der Waals surface area contributed by atoms with Gasteiger partial charge in [0.05, 0.1) is 18.3 Å². The zero-order valence-corrected chi connectivity index (χ0v) is 12.6. The van der Waals surface area contributed by atoms with E-state index in [9.17, 15) is 9.90 Å². The quantitative estimate of drug-likeness (QED) is 0.913. The summed E-state index contributed by atoms with van der Waals surface area (Å²) in [6.07, 6.45) is 2.09. The fourth-order valence-electron chi connectivity index (χ4n) is 2.48. The fourth-order valence-corrected chi connectivity index (χ4v) is 2.66.